The van der Waals surface area contributed by atoms with Crippen LogP contribution in [0.3, 0.4) is 0 Å². The van der Waals surface area contributed by atoms with Gasteiger partial charge >= 0.3 is 6.09 Å². The predicted octanol–water partition coefficient (Wildman–Crippen LogP) is 6.91. The van der Waals surface area contributed by atoms with Crippen LogP contribution in [0.4, 0.5) is 21.9 Å². The van der Waals surface area contributed by atoms with Gasteiger partial charge in [-0.25, -0.2) is 4.79 Å². The van der Waals surface area contributed by atoms with Crippen molar-refractivity contribution in [1.82, 2.24) is 4.90 Å². The first-order valence-electron chi connectivity index (χ1n) is 14.8. The molecule has 0 fully saturated rings. The maximum atomic E-state index is 14.2. The van der Waals surface area contributed by atoms with Gasteiger partial charge in [-0.05, 0) is 84.0 Å². The molecule has 0 saturated carbocycles. The number of ether oxygens (including phenoxy) is 3. The molecule has 0 spiro atoms. The molecule has 0 radical (unpaired) electrons. The SMILES string of the molecule is C=C(OCC)N(CCCOC)c1c(C(=O)c2ccc(NC)c(NC(=O)CN(CC)C(=O)OC(C)(C)C)c2)oc2ccc(Cl)cc12. The van der Waals surface area contributed by atoms with Crippen LogP contribution >= 0.6 is 11.6 Å². The fourth-order valence-electron chi connectivity index (χ4n) is 4.58. The van der Waals surface area contributed by atoms with Gasteiger partial charge in [-0.3, -0.25) is 14.5 Å². The lowest BCUT2D eigenvalue weighted by molar-refractivity contribution is -0.117. The van der Waals surface area contributed by atoms with E-state index in [4.69, 9.17) is 30.2 Å². The second-order valence-corrected chi connectivity index (χ2v) is 11.6. The summed E-state index contributed by atoms with van der Waals surface area (Å²) >= 11 is 6.37. The highest BCUT2D eigenvalue weighted by atomic mass is 35.5. The van der Waals surface area contributed by atoms with Gasteiger partial charge in [0, 0.05) is 49.8 Å². The summed E-state index contributed by atoms with van der Waals surface area (Å²) in [7, 11) is 3.32. The van der Waals surface area contributed by atoms with Gasteiger partial charge in [0.15, 0.2) is 11.6 Å². The number of anilines is 3. The first kappa shape index (κ1) is 35.3. The van der Waals surface area contributed by atoms with Gasteiger partial charge in [0.1, 0.15) is 23.4 Å². The van der Waals surface area contributed by atoms with E-state index in [0.29, 0.717) is 65.1 Å². The quantitative estimate of drug-likeness (QED) is 0.103. The van der Waals surface area contributed by atoms with E-state index in [-0.39, 0.29) is 24.4 Å². The van der Waals surface area contributed by atoms with Crippen molar-refractivity contribution in [1.29, 1.82) is 0 Å². The van der Waals surface area contributed by atoms with Gasteiger partial charge in [-0.2, -0.15) is 0 Å². The molecule has 1 heterocycles. The summed E-state index contributed by atoms with van der Waals surface area (Å²) in [5.41, 5.74) is 1.40. The molecule has 2 aromatic carbocycles. The van der Waals surface area contributed by atoms with Crippen LogP contribution in [-0.4, -0.2) is 75.3 Å². The minimum absolute atomic E-state index is 0.0575. The fourth-order valence-corrected chi connectivity index (χ4v) is 4.76. The van der Waals surface area contributed by atoms with E-state index in [1.54, 1.807) is 83.2 Å². The Morgan fingerprint density at radius 1 is 1.07 bits per heavy atom. The van der Waals surface area contributed by atoms with Crippen LogP contribution in [0, 0.1) is 0 Å². The number of halogens is 1. The predicted molar refractivity (Wildman–Crippen MR) is 177 cm³/mol. The van der Waals surface area contributed by atoms with Crippen LogP contribution in [0.5, 0.6) is 0 Å². The Labute approximate surface area is 269 Å². The van der Waals surface area contributed by atoms with Gasteiger partial charge in [0.25, 0.3) is 0 Å². The number of fused-ring (bicyclic) bond motifs is 1. The maximum Gasteiger partial charge on any atom is 0.410 e. The molecule has 244 valence electrons. The van der Waals surface area contributed by atoms with Crippen LogP contribution in [0.2, 0.25) is 5.02 Å². The second kappa shape index (κ2) is 15.7. The number of carbonyl (C=O) groups is 3. The third-order valence-corrected chi connectivity index (χ3v) is 6.87. The van der Waals surface area contributed by atoms with E-state index in [9.17, 15) is 14.4 Å². The van der Waals surface area contributed by atoms with Crippen molar-refractivity contribution in [2.45, 2.75) is 46.6 Å². The zero-order chi connectivity index (χ0) is 33.3. The first-order valence-corrected chi connectivity index (χ1v) is 15.2. The molecule has 45 heavy (non-hydrogen) atoms. The van der Waals surface area contributed by atoms with Crippen molar-refractivity contribution in [2.75, 3.05) is 62.5 Å². The number of furan rings is 1. The Bertz CT molecular complexity index is 1530. The van der Waals surface area contributed by atoms with Gasteiger partial charge in [0.05, 0.1) is 18.0 Å². The first-order chi connectivity index (χ1) is 21.3. The highest BCUT2D eigenvalue weighted by Crippen LogP contribution is 2.39. The number of nitrogens with one attached hydrogen (secondary N) is 2. The lowest BCUT2D eigenvalue weighted by atomic mass is 10.0. The average molecular weight is 643 g/mol. The molecule has 1 aromatic heterocycles. The fraction of sp³-hybridized carbons (Fsp3) is 0.424. The third kappa shape index (κ3) is 9.15. The standard InChI is InChI=1S/C33H43ClN4O7/c1-9-37(32(41)45-33(4,5)6)20-28(39)36-26-18-22(12-14-25(26)35-7)30(40)31-29(24-19-23(34)13-15-27(24)44-31)38(16-11-17-42-8)21(3)43-10-2/h12-15,18-19,35H,3,9-11,16-17,20H2,1-2,4-8H3,(H,36,39). The molecule has 0 aliphatic heterocycles. The molecule has 0 bridgehead atoms. The molecule has 0 aliphatic rings. The average Bonchev–Trinajstić information content (AvgIpc) is 3.35. The maximum absolute atomic E-state index is 14.2. The Morgan fingerprint density at radius 3 is 2.42 bits per heavy atom. The van der Waals surface area contributed by atoms with Crippen LogP contribution < -0.4 is 15.5 Å². The molecule has 3 aromatic rings. The van der Waals surface area contributed by atoms with Gasteiger partial charge < -0.3 is 34.2 Å². The zero-order valence-electron chi connectivity index (χ0n) is 27.0. The summed E-state index contributed by atoms with van der Waals surface area (Å²) in [6, 6.07) is 10.0. The van der Waals surface area contributed by atoms with Gasteiger partial charge in [-0.1, -0.05) is 11.6 Å². The van der Waals surface area contributed by atoms with Crippen molar-refractivity contribution in [3.63, 3.8) is 0 Å². The van der Waals surface area contributed by atoms with Crippen molar-refractivity contribution < 1.29 is 33.0 Å². The van der Waals surface area contributed by atoms with E-state index in [0.717, 1.165) is 0 Å². The molecule has 0 aliphatic carbocycles. The van der Waals surface area contributed by atoms with Crippen LogP contribution in [-0.2, 0) is 19.0 Å². The Balaban J connectivity index is 2.02. The zero-order valence-corrected chi connectivity index (χ0v) is 27.8. The van der Waals surface area contributed by atoms with Gasteiger partial charge in [0.2, 0.25) is 11.7 Å². The number of methoxy groups -OCH3 is 1. The number of benzene rings is 2. The van der Waals surface area contributed by atoms with Gasteiger partial charge in [-0.15, -0.1) is 0 Å². The Kier molecular flexibility index (Phi) is 12.3. The topological polar surface area (TPSA) is 123 Å². The van der Waals surface area contributed by atoms with E-state index < -0.39 is 23.4 Å². The Morgan fingerprint density at radius 2 is 1.80 bits per heavy atom. The molecular weight excluding hydrogens is 600 g/mol. The number of amides is 2. The largest absolute Gasteiger partial charge is 0.480 e. The smallest absolute Gasteiger partial charge is 0.410 e. The van der Waals surface area contributed by atoms with Crippen molar-refractivity contribution in [3.8, 4) is 0 Å². The van der Waals surface area contributed by atoms with Crippen molar-refractivity contribution >= 4 is 57.4 Å². The molecule has 0 saturated heterocycles. The van der Waals surface area contributed by atoms with Crippen molar-refractivity contribution in [2.24, 2.45) is 0 Å². The van der Waals surface area contributed by atoms with E-state index in [2.05, 4.69) is 17.2 Å². The molecule has 11 nitrogen and oxygen atoms in total. The molecule has 2 amide bonds. The molecule has 3 rings (SSSR count). The number of hydrogen-bond acceptors (Lipinski definition) is 9. The second-order valence-electron chi connectivity index (χ2n) is 11.1. The van der Waals surface area contributed by atoms with E-state index >= 15 is 0 Å². The number of rotatable bonds is 15. The number of likely N-dealkylation sites (N-methyl/N-ethyl adjacent to an activating group) is 1. The normalized spacial score (nSPS) is 11.2. The van der Waals surface area contributed by atoms with Crippen LogP contribution in [0.25, 0.3) is 11.0 Å². The summed E-state index contributed by atoms with van der Waals surface area (Å²) in [4.78, 5) is 42.9. The molecule has 2 N–H and O–H groups in total. The third-order valence-electron chi connectivity index (χ3n) is 6.64. The molecule has 0 unspecified atom stereocenters. The summed E-state index contributed by atoms with van der Waals surface area (Å²) < 4.78 is 22.6. The summed E-state index contributed by atoms with van der Waals surface area (Å²) in [6.45, 7) is 14.3. The van der Waals surface area contributed by atoms with Crippen LogP contribution in [0.1, 0.15) is 57.2 Å². The minimum atomic E-state index is -0.704. The number of hydrogen-bond donors (Lipinski definition) is 2. The monoisotopic (exact) mass is 642 g/mol. The molecule has 0 atom stereocenters. The van der Waals surface area contributed by atoms with Crippen molar-refractivity contribution in [3.05, 3.63) is 65.2 Å². The minimum Gasteiger partial charge on any atom is -0.480 e. The number of carbonyl (C=O) groups excluding carboxylic acids is 3. The summed E-state index contributed by atoms with van der Waals surface area (Å²) in [5, 5.41) is 6.93. The summed E-state index contributed by atoms with van der Waals surface area (Å²) in [6.07, 6.45) is 0.0216. The summed E-state index contributed by atoms with van der Waals surface area (Å²) in [5.74, 6) is -0.489. The lowest BCUT2D eigenvalue weighted by Crippen LogP contribution is -2.41. The van der Waals surface area contributed by atoms with Crippen LogP contribution in [0.15, 0.2) is 53.3 Å². The molecular formula is C33H43ClN4O7. The highest BCUT2D eigenvalue weighted by molar-refractivity contribution is 6.31. The van der Waals surface area contributed by atoms with E-state index in [1.807, 2.05) is 6.92 Å². The molecule has 12 heteroatoms. The number of nitrogens with zero attached hydrogens (tertiary/aromatic N) is 2. The number of ketones is 1. The van der Waals surface area contributed by atoms with E-state index in [1.165, 1.54) is 4.90 Å². The lowest BCUT2D eigenvalue weighted by Gasteiger charge is -2.26. The Hall–Kier alpha value is -4.22. The highest BCUT2D eigenvalue weighted by Gasteiger charge is 2.29.